The number of likely N-dealkylation sites (tertiary alicyclic amines) is 1. The van der Waals surface area contributed by atoms with Gasteiger partial charge in [0.1, 0.15) is 5.60 Å². The number of amides is 2. The minimum atomic E-state index is -0.424. The van der Waals surface area contributed by atoms with Gasteiger partial charge >= 0.3 is 6.09 Å². The summed E-state index contributed by atoms with van der Waals surface area (Å²) in [5.41, 5.74) is 1.56. The number of aryl methyl sites for hydroxylation is 1. The molecule has 5 heteroatoms. The summed E-state index contributed by atoms with van der Waals surface area (Å²) >= 11 is 0. The maximum atomic E-state index is 12.1. The van der Waals surface area contributed by atoms with E-state index in [0.29, 0.717) is 11.5 Å². The van der Waals surface area contributed by atoms with Crippen LogP contribution >= 0.6 is 0 Å². The number of carbonyl (C=O) groups is 2. The molecule has 0 aliphatic carbocycles. The van der Waals surface area contributed by atoms with Crippen LogP contribution in [-0.4, -0.2) is 42.6 Å². The maximum absolute atomic E-state index is 12.1. The summed E-state index contributed by atoms with van der Waals surface area (Å²) in [6.45, 7) is 7.33. The third-order valence-corrected chi connectivity index (χ3v) is 5.04. The Hall–Kier alpha value is -2.04. The first-order valence-electron chi connectivity index (χ1n) is 10.1. The molecule has 1 heterocycles. The lowest BCUT2D eigenvalue weighted by molar-refractivity contribution is 0.0180. The number of nitrogens with zero attached hydrogens (tertiary/aromatic N) is 1. The first-order valence-corrected chi connectivity index (χ1v) is 10.1. The number of carbonyl (C=O) groups excluding carboxylic acids is 2. The van der Waals surface area contributed by atoms with Crippen molar-refractivity contribution in [3.8, 4) is 0 Å². The zero-order valence-corrected chi connectivity index (χ0v) is 17.2. The molecule has 1 aliphatic heterocycles. The highest BCUT2D eigenvalue weighted by Gasteiger charge is 2.26. The molecule has 150 valence electrons. The van der Waals surface area contributed by atoms with E-state index in [1.54, 1.807) is 7.05 Å². The molecule has 27 heavy (non-hydrogen) atoms. The average Bonchev–Trinajstić information content (AvgIpc) is 2.64. The molecule has 0 unspecified atom stereocenters. The van der Waals surface area contributed by atoms with Gasteiger partial charge in [-0.3, -0.25) is 4.79 Å². The van der Waals surface area contributed by atoms with Gasteiger partial charge in [0.05, 0.1) is 0 Å². The molecule has 2 rings (SSSR count). The Balaban J connectivity index is 1.63. The Morgan fingerprint density at radius 3 is 2.30 bits per heavy atom. The second-order valence-corrected chi connectivity index (χ2v) is 8.43. The van der Waals surface area contributed by atoms with Crippen LogP contribution in [0.3, 0.4) is 0 Å². The van der Waals surface area contributed by atoms with Gasteiger partial charge in [-0.1, -0.05) is 25.0 Å². The van der Waals surface area contributed by atoms with Crippen molar-refractivity contribution in [2.75, 3.05) is 20.1 Å². The van der Waals surface area contributed by atoms with E-state index < -0.39 is 5.60 Å². The van der Waals surface area contributed by atoms with Crippen LogP contribution in [0.1, 0.15) is 68.8 Å². The Kier molecular flexibility index (Phi) is 7.69. The molecule has 0 aromatic heterocycles. The Labute approximate surface area is 163 Å². The SMILES string of the molecule is CNC(=O)c1ccc(CCCCC2CCN(C(=O)OC(C)(C)C)CC2)cc1. The molecule has 1 aliphatic rings. The number of piperidine rings is 1. The molecule has 0 saturated carbocycles. The van der Waals surface area contributed by atoms with Gasteiger partial charge in [0.15, 0.2) is 0 Å². The van der Waals surface area contributed by atoms with Crippen LogP contribution < -0.4 is 5.32 Å². The van der Waals surface area contributed by atoms with Crippen LogP contribution in [-0.2, 0) is 11.2 Å². The van der Waals surface area contributed by atoms with Gasteiger partial charge in [-0.15, -0.1) is 0 Å². The van der Waals surface area contributed by atoms with E-state index in [2.05, 4.69) is 5.32 Å². The largest absolute Gasteiger partial charge is 0.444 e. The molecule has 1 saturated heterocycles. The van der Waals surface area contributed by atoms with Crippen LogP contribution in [0.4, 0.5) is 4.79 Å². The standard InChI is InChI=1S/C22H34N2O3/c1-22(2,3)27-21(26)24-15-13-18(14-16-24)8-6-5-7-17-9-11-19(12-10-17)20(25)23-4/h9-12,18H,5-8,13-16H2,1-4H3,(H,23,25). The lowest BCUT2D eigenvalue weighted by Crippen LogP contribution is -2.41. The van der Waals surface area contributed by atoms with E-state index in [1.165, 1.54) is 18.4 Å². The van der Waals surface area contributed by atoms with Crippen LogP contribution in [0.25, 0.3) is 0 Å². The van der Waals surface area contributed by atoms with Crippen molar-refractivity contribution < 1.29 is 14.3 Å². The number of nitrogens with one attached hydrogen (secondary N) is 1. The second kappa shape index (κ2) is 9.77. The van der Waals surface area contributed by atoms with Gasteiger partial charge in [0.25, 0.3) is 5.91 Å². The lowest BCUT2D eigenvalue weighted by Gasteiger charge is -2.33. The van der Waals surface area contributed by atoms with Gasteiger partial charge in [-0.2, -0.15) is 0 Å². The molecule has 0 atom stereocenters. The minimum absolute atomic E-state index is 0.0423. The van der Waals surface area contributed by atoms with Crippen molar-refractivity contribution in [1.29, 1.82) is 0 Å². The molecule has 0 bridgehead atoms. The summed E-state index contributed by atoms with van der Waals surface area (Å²) in [7, 11) is 1.65. The van der Waals surface area contributed by atoms with Crippen LogP contribution in [0.5, 0.6) is 0 Å². The molecular weight excluding hydrogens is 340 g/mol. The number of rotatable bonds is 6. The highest BCUT2D eigenvalue weighted by molar-refractivity contribution is 5.93. The topological polar surface area (TPSA) is 58.6 Å². The molecule has 0 spiro atoms. The first kappa shape index (κ1) is 21.3. The monoisotopic (exact) mass is 374 g/mol. The number of hydrogen-bond acceptors (Lipinski definition) is 3. The zero-order valence-electron chi connectivity index (χ0n) is 17.2. The first-order chi connectivity index (χ1) is 12.8. The molecule has 1 N–H and O–H groups in total. The van der Waals surface area contributed by atoms with Crippen molar-refractivity contribution >= 4 is 12.0 Å². The normalized spacial score (nSPS) is 15.5. The van der Waals surface area contributed by atoms with Crippen molar-refractivity contribution in [3.63, 3.8) is 0 Å². The maximum Gasteiger partial charge on any atom is 0.410 e. The summed E-state index contributed by atoms with van der Waals surface area (Å²) in [5, 5.41) is 2.64. The Bertz CT molecular complexity index is 611. The van der Waals surface area contributed by atoms with Gasteiger partial charge < -0.3 is 15.0 Å². The minimum Gasteiger partial charge on any atom is -0.444 e. The highest BCUT2D eigenvalue weighted by Crippen LogP contribution is 2.24. The molecule has 0 radical (unpaired) electrons. The van der Waals surface area contributed by atoms with E-state index >= 15 is 0 Å². The summed E-state index contributed by atoms with van der Waals surface area (Å²) < 4.78 is 5.45. The lowest BCUT2D eigenvalue weighted by atomic mass is 9.91. The number of unbranched alkanes of at least 4 members (excludes halogenated alkanes) is 1. The fourth-order valence-electron chi connectivity index (χ4n) is 3.46. The van der Waals surface area contributed by atoms with Crippen molar-refractivity contribution in [1.82, 2.24) is 10.2 Å². The summed E-state index contributed by atoms with van der Waals surface area (Å²) in [6, 6.07) is 7.87. The van der Waals surface area contributed by atoms with Crippen molar-refractivity contribution in [3.05, 3.63) is 35.4 Å². The third-order valence-electron chi connectivity index (χ3n) is 5.04. The molecule has 1 aromatic carbocycles. The van der Waals surface area contributed by atoms with Crippen molar-refractivity contribution in [2.45, 2.75) is 64.9 Å². The predicted octanol–water partition coefficient (Wildman–Crippen LogP) is 4.41. The molecule has 2 amide bonds. The van der Waals surface area contributed by atoms with Gasteiger partial charge in [-0.05, 0) is 70.1 Å². The van der Waals surface area contributed by atoms with Crippen LogP contribution in [0.2, 0.25) is 0 Å². The fraction of sp³-hybridized carbons (Fsp3) is 0.636. The number of hydrogen-bond donors (Lipinski definition) is 1. The van der Waals surface area contributed by atoms with E-state index in [-0.39, 0.29) is 12.0 Å². The van der Waals surface area contributed by atoms with E-state index in [4.69, 9.17) is 4.74 Å². The molecule has 5 nitrogen and oxygen atoms in total. The average molecular weight is 375 g/mol. The van der Waals surface area contributed by atoms with Crippen LogP contribution in [0.15, 0.2) is 24.3 Å². The Morgan fingerprint density at radius 2 is 1.74 bits per heavy atom. The summed E-state index contributed by atoms with van der Waals surface area (Å²) in [6.07, 6.45) is 6.59. The zero-order chi connectivity index (χ0) is 19.9. The Morgan fingerprint density at radius 1 is 1.11 bits per heavy atom. The van der Waals surface area contributed by atoms with E-state index in [1.807, 2.05) is 49.9 Å². The van der Waals surface area contributed by atoms with Gasteiger partial charge in [0.2, 0.25) is 0 Å². The molecule has 1 fully saturated rings. The van der Waals surface area contributed by atoms with Crippen LogP contribution in [0, 0.1) is 5.92 Å². The highest BCUT2D eigenvalue weighted by atomic mass is 16.6. The molecule has 1 aromatic rings. The smallest absolute Gasteiger partial charge is 0.410 e. The number of benzene rings is 1. The van der Waals surface area contributed by atoms with E-state index in [9.17, 15) is 9.59 Å². The second-order valence-electron chi connectivity index (χ2n) is 8.43. The third kappa shape index (κ3) is 7.24. The predicted molar refractivity (Wildman–Crippen MR) is 108 cm³/mol. The van der Waals surface area contributed by atoms with E-state index in [0.717, 1.165) is 38.8 Å². The van der Waals surface area contributed by atoms with Crippen molar-refractivity contribution in [2.24, 2.45) is 5.92 Å². The fourth-order valence-corrected chi connectivity index (χ4v) is 3.46. The summed E-state index contributed by atoms with van der Waals surface area (Å²) in [4.78, 5) is 25.5. The van der Waals surface area contributed by atoms with Gasteiger partial charge in [0, 0.05) is 25.7 Å². The summed E-state index contributed by atoms with van der Waals surface area (Å²) in [5.74, 6) is 0.665. The number of ether oxygens (including phenoxy) is 1. The molecular formula is C22H34N2O3. The quantitative estimate of drug-likeness (QED) is 0.751. The van der Waals surface area contributed by atoms with Gasteiger partial charge in [-0.25, -0.2) is 4.79 Å².